The van der Waals surface area contributed by atoms with Crippen LogP contribution >= 0.6 is 0 Å². The number of nitrogens with one attached hydrogen (secondary N) is 1. The van der Waals surface area contributed by atoms with Crippen LogP contribution in [0.5, 0.6) is 0 Å². The van der Waals surface area contributed by atoms with Gasteiger partial charge in [-0.25, -0.2) is 8.42 Å². The second kappa shape index (κ2) is 5.61. The molecule has 0 saturated carbocycles. The molecule has 1 aromatic heterocycles. The van der Waals surface area contributed by atoms with E-state index in [2.05, 4.69) is 10.2 Å². The first-order chi connectivity index (χ1) is 7.91. The molecule has 0 aliphatic heterocycles. The highest BCUT2D eigenvalue weighted by Gasteiger charge is 2.28. The van der Waals surface area contributed by atoms with E-state index < -0.39 is 10.0 Å². The zero-order valence-corrected chi connectivity index (χ0v) is 11.3. The summed E-state index contributed by atoms with van der Waals surface area (Å²) in [7, 11) is -3.48. The molecule has 0 aliphatic rings. The summed E-state index contributed by atoms with van der Waals surface area (Å²) in [5.41, 5.74) is 5.99. The average molecular weight is 260 g/mol. The molecule has 6 nitrogen and oxygen atoms in total. The van der Waals surface area contributed by atoms with Crippen molar-refractivity contribution < 1.29 is 8.42 Å². The normalized spacial score (nSPS) is 12.6. The lowest BCUT2D eigenvalue weighted by Gasteiger charge is -2.25. The summed E-state index contributed by atoms with van der Waals surface area (Å²) in [6, 6.07) is -0.0964. The van der Waals surface area contributed by atoms with Crippen molar-refractivity contribution in [2.75, 3.05) is 13.1 Å². The van der Waals surface area contributed by atoms with Gasteiger partial charge in [0.05, 0.1) is 11.9 Å². The maximum atomic E-state index is 12.4. The largest absolute Gasteiger partial charge is 0.330 e. The molecule has 0 bridgehead atoms. The van der Waals surface area contributed by atoms with Crippen LogP contribution in [0, 0.1) is 6.92 Å². The van der Waals surface area contributed by atoms with Crippen LogP contribution in [0.4, 0.5) is 0 Å². The molecule has 0 amide bonds. The van der Waals surface area contributed by atoms with Gasteiger partial charge in [-0.2, -0.15) is 9.40 Å². The monoisotopic (exact) mass is 260 g/mol. The number of nitrogens with zero attached hydrogens (tertiary/aromatic N) is 2. The molecular weight excluding hydrogens is 240 g/mol. The molecule has 1 heterocycles. The minimum absolute atomic E-state index is 0.0964. The summed E-state index contributed by atoms with van der Waals surface area (Å²) in [5.74, 6) is 0. The number of nitrogens with two attached hydrogens (primary N) is 1. The number of hydrogen-bond acceptors (Lipinski definition) is 4. The van der Waals surface area contributed by atoms with Gasteiger partial charge in [0.25, 0.3) is 0 Å². The molecule has 0 aromatic carbocycles. The van der Waals surface area contributed by atoms with Gasteiger partial charge in [0.1, 0.15) is 4.90 Å². The van der Waals surface area contributed by atoms with E-state index in [1.54, 1.807) is 6.92 Å². The van der Waals surface area contributed by atoms with E-state index in [9.17, 15) is 8.42 Å². The van der Waals surface area contributed by atoms with E-state index in [0.717, 1.165) is 0 Å². The van der Waals surface area contributed by atoms with Gasteiger partial charge < -0.3 is 5.73 Å². The number of hydrogen-bond donors (Lipinski definition) is 2. The predicted octanol–water partition coefficient (Wildman–Crippen LogP) is 0.466. The quantitative estimate of drug-likeness (QED) is 0.777. The van der Waals surface area contributed by atoms with Crippen LogP contribution in [0.3, 0.4) is 0 Å². The molecule has 0 aliphatic carbocycles. The Morgan fingerprint density at radius 3 is 2.59 bits per heavy atom. The minimum Gasteiger partial charge on any atom is -0.330 e. The first kappa shape index (κ1) is 14.1. The molecule has 0 spiro atoms. The number of sulfonamides is 1. The first-order valence-corrected chi connectivity index (χ1v) is 7.07. The Bertz CT molecular complexity index is 453. The van der Waals surface area contributed by atoms with Gasteiger partial charge in [-0.3, -0.25) is 5.10 Å². The Balaban J connectivity index is 3.05. The molecule has 1 rings (SSSR count). The fraction of sp³-hybridized carbons (Fsp3) is 0.700. The van der Waals surface area contributed by atoms with Crippen molar-refractivity contribution >= 4 is 10.0 Å². The summed E-state index contributed by atoms with van der Waals surface area (Å²) in [6.45, 7) is 6.30. The lowest BCUT2D eigenvalue weighted by atomic mass is 10.3. The molecular formula is C10H20N4O2S. The molecule has 0 fully saturated rings. The Kier molecular flexibility index (Phi) is 4.67. The molecule has 0 unspecified atom stereocenters. The van der Waals surface area contributed by atoms with Crippen molar-refractivity contribution in [1.29, 1.82) is 0 Å². The SMILES string of the molecule is Cc1[nH]ncc1S(=O)(=O)N(CCCN)C(C)C. The van der Waals surface area contributed by atoms with Crippen LogP contribution in [0.2, 0.25) is 0 Å². The molecule has 0 radical (unpaired) electrons. The summed E-state index contributed by atoms with van der Waals surface area (Å²) < 4.78 is 26.2. The summed E-state index contributed by atoms with van der Waals surface area (Å²) in [5, 5.41) is 6.40. The topological polar surface area (TPSA) is 92.1 Å². The number of aromatic nitrogens is 2. The van der Waals surface area contributed by atoms with Crippen molar-refractivity contribution in [2.45, 2.75) is 38.1 Å². The molecule has 7 heteroatoms. The van der Waals surface area contributed by atoms with Crippen LogP contribution < -0.4 is 5.73 Å². The third-order valence-electron chi connectivity index (χ3n) is 2.53. The Labute approximate surface area is 102 Å². The summed E-state index contributed by atoms with van der Waals surface area (Å²) in [4.78, 5) is 0.239. The predicted molar refractivity (Wildman–Crippen MR) is 66.0 cm³/mol. The van der Waals surface area contributed by atoms with Crippen molar-refractivity contribution in [2.24, 2.45) is 5.73 Å². The fourth-order valence-electron chi connectivity index (χ4n) is 1.63. The number of H-pyrrole nitrogens is 1. The highest BCUT2D eigenvalue weighted by molar-refractivity contribution is 7.89. The molecule has 17 heavy (non-hydrogen) atoms. The number of rotatable bonds is 6. The average Bonchev–Trinajstić information content (AvgIpc) is 2.64. The van der Waals surface area contributed by atoms with Crippen LogP contribution in [0.1, 0.15) is 26.0 Å². The van der Waals surface area contributed by atoms with Crippen LogP contribution in [-0.4, -0.2) is 42.1 Å². The van der Waals surface area contributed by atoms with E-state index in [1.807, 2.05) is 13.8 Å². The van der Waals surface area contributed by atoms with Crippen molar-refractivity contribution in [3.05, 3.63) is 11.9 Å². The third kappa shape index (κ3) is 3.05. The number of aryl methyl sites for hydroxylation is 1. The standard InChI is InChI=1S/C10H20N4O2S/c1-8(2)14(6-4-5-11)17(15,16)10-7-12-13-9(10)3/h7-8H,4-6,11H2,1-3H3,(H,12,13). The van der Waals surface area contributed by atoms with Crippen molar-refractivity contribution in [1.82, 2.24) is 14.5 Å². The van der Waals surface area contributed by atoms with Gasteiger partial charge in [-0.05, 0) is 33.7 Å². The van der Waals surface area contributed by atoms with Crippen molar-refractivity contribution in [3.63, 3.8) is 0 Å². The fourth-order valence-corrected chi connectivity index (χ4v) is 3.42. The molecule has 0 atom stereocenters. The van der Waals surface area contributed by atoms with E-state index in [-0.39, 0.29) is 10.9 Å². The number of aromatic amines is 1. The van der Waals surface area contributed by atoms with Gasteiger partial charge in [0.15, 0.2) is 0 Å². The molecule has 0 saturated heterocycles. The third-order valence-corrected chi connectivity index (χ3v) is 4.72. The van der Waals surface area contributed by atoms with Crippen molar-refractivity contribution in [3.8, 4) is 0 Å². The summed E-state index contributed by atoms with van der Waals surface area (Å²) >= 11 is 0. The van der Waals surface area contributed by atoms with Crippen LogP contribution in [0.15, 0.2) is 11.1 Å². The first-order valence-electron chi connectivity index (χ1n) is 5.63. The van der Waals surface area contributed by atoms with Crippen LogP contribution in [0.25, 0.3) is 0 Å². The highest BCUT2D eigenvalue weighted by Crippen LogP contribution is 2.19. The van der Waals surface area contributed by atoms with E-state index in [1.165, 1.54) is 10.5 Å². The smallest absolute Gasteiger partial charge is 0.246 e. The maximum absolute atomic E-state index is 12.4. The van der Waals surface area contributed by atoms with Gasteiger partial charge in [0, 0.05) is 12.6 Å². The van der Waals surface area contributed by atoms with Crippen LogP contribution in [-0.2, 0) is 10.0 Å². The second-order valence-corrected chi connectivity index (χ2v) is 6.07. The van der Waals surface area contributed by atoms with Gasteiger partial charge in [0.2, 0.25) is 10.0 Å². The Hall–Kier alpha value is -0.920. The molecule has 98 valence electrons. The summed E-state index contributed by atoms with van der Waals surface area (Å²) in [6.07, 6.45) is 2.00. The van der Waals surface area contributed by atoms with E-state index in [0.29, 0.717) is 25.2 Å². The molecule has 3 N–H and O–H groups in total. The molecule has 1 aromatic rings. The van der Waals surface area contributed by atoms with E-state index >= 15 is 0 Å². The Morgan fingerprint density at radius 1 is 1.53 bits per heavy atom. The lowest BCUT2D eigenvalue weighted by Crippen LogP contribution is -2.38. The lowest BCUT2D eigenvalue weighted by molar-refractivity contribution is 0.351. The zero-order chi connectivity index (χ0) is 13.1. The van der Waals surface area contributed by atoms with Gasteiger partial charge in [-0.1, -0.05) is 0 Å². The Morgan fingerprint density at radius 2 is 2.18 bits per heavy atom. The maximum Gasteiger partial charge on any atom is 0.246 e. The second-order valence-electron chi connectivity index (χ2n) is 4.21. The zero-order valence-electron chi connectivity index (χ0n) is 10.5. The highest BCUT2D eigenvalue weighted by atomic mass is 32.2. The van der Waals surface area contributed by atoms with E-state index in [4.69, 9.17) is 5.73 Å². The van der Waals surface area contributed by atoms with Gasteiger partial charge in [-0.15, -0.1) is 0 Å². The minimum atomic E-state index is -3.48. The van der Waals surface area contributed by atoms with Gasteiger partial charge >= 0.3 is 0 Å².